The Morgan fingerprint density at radius 1 is 1.22 bits per heavy atom. The molecule has 3 rings (SSSR count). The summed E-state index contributed by atoms with van der Waals surface area (Å²) in [4.78, 5) is 38.7. The van der Waals surface area contributed by atoms with Crippen molar-refractivity contribution in [1.82, 2.24) is 5.32 Å². The van der Waals surface area contributed by atoms with Crippen LogP contribution in [0.15, 0.2) is 24.3 Å². The standard InChI is InChI=1S/C20H25FN2O4/c1-12-10-13-6-2-5-9-17(13)23(12)19(25)15-8-4-3-7-14(15)18(24)22-16(11-21)20(26)27/h2,5-6,9,12,14-16H,3-4,7-8,10-11H2,1H3,(H,22,24)(H,26,27). The lowest BCUT2D eigenvalue weighted by Gasteiger charge is -2.34. The lowest BCUT2D eigenvalue weighted by atomic mass is 9.77. The van der Waals surface area contributed by atoms with E-state index in [0.717, 1.165) is 30.5 Å². The molecular weight excluding hydrogens is 351 g/mol. The number of carboxylic acids is 1. The number of nitrogens with one attached hydrogen (secondary N) is 1. The van der Waals surface area contributed by atoms with Crippen LogP contribution in [0.3, 0.4) is 0 Å². The van der Waals surface area contributed by atoms with Gasteiger partial charge in [0.25, 0.3) is 0 Å². The first-order valence-corrected chi connectivity index (χ1v) is 9.44. The van der Waals surface area contributed by atoms with Gasteiger partial charge in [-0.1, -0.05) is 31.0 Å². The lowest BCUT2D eigenvalue weighted by Crippen LogP contribution is -2.50. The first-order chi connectivity index (χ1) is 12.9. The zero-order chi connectivity index (χ0) is 19.6. The van der Waals surface area contributed by atoms with E-state index in [9.17, 15) is 18.8 Å². The summed E-state index contributed by atoms with van der Waals surface area (Å²) < 4.78 is 12.9. The molecule has 2 amide bonds. The van der Waals surface area contributed by atoms with E-state index in [-0.39, 0.29) is 11.9 Å². The quantitative estimate of drug-likeness (QED) is 0.826. The maximum atomic E-state index is 13.3. The molecule has 27 heavy (non-hydrogen) atoms. The fraction of sp³-hybridized carbons (Fsp3) is 0.550. The highest BCUT2D eigenvalue weighted by Crippen LogP contribution is 2.38. The number of carbonyl (C=O) groups is 3. The number of rotatable bonds is 5. The van der Waals surface area contributed by atoms with Gasteiger partial charge in [-0.2, -0.15) is 0 Å². The van der Waals surface area contributed by atoms with Crippen molar-refractivity contribution in [2.45, 2.75) is 51.1 Å². The van der Waals surface area contributed by atoms with Crippen LogP contribution in [0.4, 0.5) is 10.1 Å². The van der Waals surface area contributed by atoms with Crippen LogP contribution in [-0.4, -0.2) is 41.6 Å². The SMILES string of the molecule is CC1Cc2ccccc2N1C(=O)C1CCCCC1C(=O)NC(CF)C(=O)O. The molecule has 4 unspecified atom stereocenters. The molecule has 0 spiro atoms. The van der Waals surface area contributed by atoms with Crippen molar-refractivity contribution in [3.05, 3.63) is 29.8 Å². The van der Waals surface area contributed by atoms with Gasteiger partial charge >= 0.3 is 5.97 Å². The summed E-state index contributed by atoms with van der Waals surface area (Å²) >= 11 is 0. The van der Waals surface area contributed by atoms with Crippen LogP contribution in [0.1, 0.15) is 38.2 Å². The van der Waals surface area contributed by atoms with Gasteiger partial charge in [0.2, 0.25) is 11.8 Å². The second-order valence-electron chi connectivity index (χ2n) is 7.44. The van der Waals surface area contributed by atoms with Crippen molar-refractivity contribution in [2.24, 2.45) is 11.8 Å². The maximum Gasteiger partial charge on any atom is 0.328 e. The number of benzene rings is 1. The van der Waals surface area contributed by atoms with E-state index in [2.05, 4.69) is 5.32 Å². The van der Waals surface area contributed by atoms with Crippen molar-refractivity contribution < 1.29 is 23.9 Å². The lowest BCUT2D eigenvalue weighted by molar-refractivity contribution is -0.144. The van der Waals surface area contributed by atoms with Gasteiger partial charge in [-0.25, -0.2) is 9.18 Å². The summed E-state index contributed by atoms with van der Waals surface area (Å²) in [6.07, 6.45) is 3.49. The predicted octanol–water partition coefficient (Wildman–Crippen LogP) is 2.31. The maximum absolute atomic E-state index is 13.3. The summed E-state index contributed by atoms with van der Waals surface area (Å²) in [5, 5.41) is 11.2. The molecule has 0 bridgehead atoms. The number of nitrogens with zero attached hydrogens (tertiary/aromatic N) is 1. The van der Waals surface area contributed by atoms with Crippen molar-refractivity contribution in [3.8, 4) is 0 Å². The molecule has 1 aromatic carbocycles. The Morgan fingerprint density at radius 2 is 1.89 bits per heavy atom. The smallest absolute Gasteiger partial charge is 0.328 e. The summed E-state index contributed by atoms with van der Waals surface area (Å²) in [5.41, 5.74) is 1.99. The molecule has 7 heteroatoms. The number of amides is 2. The van der Waals surface area contributed by atoms with Crippen molar-refractivity contribution in [3.63, 3.8) is 0 Å². The zero-order valence-electron chi connectivity index (χ0n) is 15.4. The molecule has 2 aliphatic rings. The van der Waals surface area contributed by atoms with Crippen LogP contribution in [0.2, 0.25) is 0 Å². The van der Waals surface area contributed by atoms with Crippen LogP contribution in [0.25, 0.3) is 0 Å². The average molecular weight is 376 g/mol. The number of carbonyl (C=O) groups excluding carboxylic acids is 2. The normalized spacial score (nSPS) is 25.6. The van der Waals surface area contributed by atoms with Crippen LogP contribution in [0, 0.1) is 11.8 Å². The number of fused-ring (bicyclic) bond motifs is 1. The third-order valence-electron chi connectivity index (χ3n) is 5.63. The molecule has 6 nitrogen and oxygen atoms in total. The third-order valence-corrected chi connectivity index (χ3v) is 5.63. The van der Waals surface area contributed by atoms with Gasteiger partial charge in [-0.05, 0) is 37.8 Å². The minimum absolute atomic E-state index is 0.0122. The molecule has 1 aliphatic heterocycles. The van der Waals surface area contributed by atoms with Crippen molar-refractivity contribution >= 4 is 23.5 Å². The van der Waals surface area contributed by atoms with Crippen LogP contribution in [-0.2, 0) is 20.8 Å². The minimum Gasteiger partial charge on any atom is -0.480 e. The van der Waals surface area contributed by atoms with Gasteiger partial charge in [0.05, 0.1) is 5.92 Å². The predicted molar refractivity (Wildman–Crippen MR) is 98.1 cm³/mol. The second kappa shape index (κ2) is 8.06. The first kappa shape index (κ1) is 19.3. The van der Waals surface area contributed by atoms with Gasteiger partial charge in [-0.3, -0.25) is 9.59 Å². The second-order valence-corrected chi connectivity index (χ2v) is 7.44. The van der Waals surface area contributed by atoms with E-state index in [4.69, 9.17) is 5.11 Å². The van der Waals surface area contributed by atoms with Crippen molar-refractivity contribution in [2.75, 3.05) is 11.6 Å². The zero-order valence-corrected chi connectivity index (χ0v) is 15.4. The summed E-state index contributed by atoms with van der Waals surface area (Å²) in [5.74, 6) is -3.19. The van der Waals surface area contributed by atoms with E-state index < -0.39 is 36.4 Å². The molecule has 2 N–H and O–H groups in total. The number of carboxylic acid groups (broad SMARTS) is 1. The van der Waals surface area contributed by atoms with Gasteiger partial charge in [0.15, 0.2) is 6.04 Å². The molecule has 1 fully saturated rings. The molecular formula is C20H25FN2O4. The van der Waals surface area contributed by atoms with Crippen LogP contribution >= 0.6 is 0 Å². The van der Waals surface area contributed by atoms with Gasteiger partial charge in [-0.15, -0.1) is 0 Å². The number of anilines is 1. The highest BCUT2D eigenvalue weighted by Gasteiger charge is 2.42. The van der Waals surface area contributed by atoms with Gasteiger partial charge in [0, 0.05) is 17.6 Å². The van der Waals surface area contributed by atoms with Crippen LogP contribution < -0.4 is 10.2 Å². The highest BCUT2D eigenvalue weighted by atomic mass is 19.1. The molecule has 0 saturated heterocycles. The molecule has 1 aromatic rings. The van der Waals surface area contributed by atoms with Gasteiger partial charge in [0.1, 0.15) is 6.67 Å². The molecule has 0 aromatic heterocycles. The van der Waals surface area contributed by atoms with Crippen LogP contribution in [0.5, 0.6) is 0 Å². The summed E-state index contributed by atoms with van der Waals surface area (Å²) in [6.45, 7) is 0.808. The van der Waals surface area contributed by atoms with E-state index in [1.165, 1.54) is 0 Å². The molecule has 0 radical (unpaired) electrons. The number of hydrogen-bond donors (Lipinski definition) is 2. The molecule has 1 aliphatic carbocycles. The van der Waals surface area contributed by atoms with E-state index in [1.54, 1.807) is 4.90 Å². The Morgan fingerprint density at radius 3 is 2.56 bits per heavy atom. The summed E-state index contributed by atoms with van der Waals surface area (Å²) in [7, 11) is 0. The fourth-order valence-corrected chi connectivity index (χ4v) is 4.27. The number of aliphatic carboxylic acids is 1. The number of halogens is 1. The van der Waals surface area contributed by atoms with E-state index in [0.29, 0.717) is 12.8 Å². The number of hydrogen-bond acceptors (Lipinski definition) is 3. The molecule has 4 atom stereocenters. The first-order valence-electron chi connectivity index (χ1n) is 9.44. The minimum atomic E-state index is -1.57. The van der Waals surface area contributed by atoms with Crippen molar-refractivity contribution in [1.29, 1.82) is 0 Å². The number of alkyl halides is 1. The molecule has 1 heterocycles. The molecule has 146 valence electrons. The summed E-state index contributed by atoms with van der Waals surface area (Å²) in [6, 6.07) is 6.20. The Kier molecular flexibility index (Phi) is 5.77. The average Bonchev–Trinajstić information content (AvgIpc) is 3.00. The Balaban J connectivity index is 1.80. The highest BCUT2D eigenvalue weighted by molar-refractivity contribution is 6.00. The Hall–Kier alpha value is -2.44. The topological polar surface area (TPSA) is 86.7 Å². The number of para-hydroxylation sites is 1. The van der Waals surface area contributed by atoms with Gasteiger partial charge < -0.3 is 15.3 Å². The Bertz CT molecular complexity index is 738. The van der Waals surface area contributed by atoms with E-state index in [1.807, 2.05) is 31.2 Å². The molecule has 1 saturated carbocycles. The largest absolute Gasteiger partial charge is 0.480 e. The Labute approximate surface area is 157 Å². The monoisotopic (exact) mass is 376 g/mol. The fourth-order valence-electron chi connectivity index (χ4n) is 4.27. The third kappa shape index (κ3) is 3.82. The van der Waals surface area contributed by atoms with E-state index >= 15 is 0 Å².